The molecule has 4 unspecified atom stereocenters. The Labute approximate surface area is 113 Å². The highest BCUT2D eigenvalue weighted by atomic mass is 16.6. The summed E-state index contributed by atoms with van der Waals surface area (Å²) in [6, 6.07) is 0. The quantitative estimate of drug-likeness (QED) is 0.573. The molecular weight excluding hydrogens is 248 g/mol. The van der Waals surface area contributed by atoms with Gasteiger partial charge in [0.1, 0.15) is 11.5 Å². The summed E-state index contributed by atoms with van der Waals surface area (Å²) in [6.45, 7) is 4.67. The normalized spacial score (nSPS) is 37.2. The van der Waals surface area contributed by atoms with Crippen molar-refractivity contribution >= 4 is 11.9 Å². The minimum Gasteiger partial charge on any atom is -0.469 e. The number of methoxy groups -OCH3 is 2. The van der Waals surface area contributed by atoms with Crippen LogP contribution in [-0.2, 0) is 23.8 Å². The van der Waals surface area contributed by atoms with Gasteiger partial charge in [-0.2, -0.15) is 0 Å². The predicted molar refractivity (Wildman–Crippen MR) is 67.3 cm³/mol. The zero-order chi connectivity index (χ0) is 14.2. The molecule has 2 fully saturated rings. The second-order valence-corrected chi connectivity index (χ2v) is 5.85. The minimum atomic E-state index is -0.536. The van der Waals surface area contributed by atoms with Crippen LogP contribution in [0, 0.1) is 23.7 Å². The Morgan fingerprint density at radius 3 is 2.21 bits per heavy atom. The van der Waals surface area contributed by atoms with Gasteiger partial charge in [-0.1, -0.05) is 13.8 Å². The average Bonchev–Trinajstić information content (AvgIpc) is 3.16. The summed E-state index contributed by atoms with van der Waals surface area (Å²) in [5.74, 6) is -1.25. The van der Waals surface area contributed by atoms with Crippen LogP contribution in [0.3, 0.4) is 0 Å². The molecule has 1 saturated heterocycles. The molecule has 1 saturated carbocycles. The molecule has 1 aliphatic heterocycles. The Morgan fingerprint density at radius 1 is 1.21 bits per heavy atom. The van der Waals surface area contributed by atoms with Crippen molar-refractivity contribution in [3.8, 4) is 0 Å². The largest absolute Gasteiger partial charge is 0.469 e. The number of esters is 2. The molecule has 5 heteroatoms. The average molecular weight is 270 g/mol. The number of rotatable bonds is 3. The molecule has 1 spiro atoms. The van der Waals surface area contributed by atoms with Crippen LogP contribution in [0.5, 0.6) is 0 Å². The molecule has 0 N–H and O–H groups in total. The Morgan fingerprint density at radius 2 is 1.79 bits per heavy atom. The van der Waals surface area contributed by atoms with E-state index in [0.717, 1.165) is 12.8 Å². The Hall–Kier alpha value is -1.10. The molecule has 0 aromatic carbocycles. The second-order valence-electron chi connectivity index (χ2n) is 5.85. The molecule has 1 aliphatic carbocycles. The zero-order valence-electron chi connectivity index (χ0n) is 12.0. The molecule has 2 rings (SSSR count). The summed E-state index contributed by atoms with van der Waals surface area (Å²) < 4.78 is 15.3. The lowest BCUT2D eigenvalue weighted by Crippen LogP contribution is -2.50. The van der Waals surface area contributed by atoms with E-state index in [-0.39, 0.29) is 17.9 Å². The molecule has 0 amide bonds. The van der Waals surface area contributed by atoms with Crippen molar-refractivity contribution in [2.24, 2.45) is 23.7 Å². The molecule has 1 heterocycles. The van der Waals surface area contributed by atoms with Gasteiger partial charge in [0, 0.05) is 0 Å². The molecule has 0 radical (unpaired) electrons. The first-order valence-corrected chi connectivity index (χ1v) is 6.76. The topological polar surface area (TPSA) is 65.1 Å². The fraction of sp³-hybridized carbons (Fsp3) is 0.857. The monoisotopic (exact) mass is 270 g/mol. The Kier molecular flexibility index (Phi) is 3.85. The summed E-state index contributed by atoms with van der Waals surface area (Å²) in [6.07, 6.45) is 1.69. The molecule has 19 heavy (non-hydrogen) atoms. The van der Waals surface area contributed by atoms with E-state index in [1.165, 1.54) is 14.2 Å². The third kappa shape index (κ3) is 2.36. The summed E-state index contributed by atoms with van der Waals surface area (Å²) in [5, 5.41) is 0. The van der Waals surface area contributed by atoms with Crippen LogP contribution in [0.15, 0.2) is 0 Å². The summed E-state index contributed by atoms with van der Waals surface area (Å²) in [7, 11) is 2.72. The van der Waals surface area contributed by atoms with Gasteiger partial charge < -0.3 is 14.2 Å². The lowest BCUT2D eigenvalue weighted by atomic mass is 9.63. The van der Waals surface area contributed by atoms with Crippen LogP contribution in [0.25, 0.3) is 0 Å². The second kappa shape index (κ2) is 5.12. The number of ether oxygens (including phenoxy) is 3. The maximum Gasteiger partial charge on any atom is 0.312 e. The van der Waals surface area contributed by atoms with Crippen LogP contribution in [0.4, 0.5) is 0 Å². The first-order valence-electron chi connectivity index (χ1n) is 6.76. The molecule has 5 nitrogen and oxygen atoms in total. The van der Waals surface area contributed by atoms with Gasteiger partial charge in [0.25, 0.3) is 0 Å². The van der Waals surface area contributed by atoms with E-state index >= 15 is 0 Å². The summed E-state index contributed by atoms with van der Waals surface area (Å²) >= 11 is 0. The van der Waals surface area contributed by atoms with E-state index in [4.69, 9.17) is 14.2 Å². The fourth-order valence-electron chi connectivity index (χ4n) is 3.42. The van der Waals surface area contributed by atoms with Gasteiger partial charge in [0.15, 0.2) is 0 Å². The van der Waals surface area contributed by atoms with Crippen LogP contribution in [0.2, 0.25) is 0 Å². The Balaban J connectivity index is 2.34. The third-order valence-electron chi connectivity index (χ3n) is 4.59. The van der Waals surface area contributed by atoms with Crippen molar-refractivity contribution in [1.29, 1.82) is 0 Å². The number of hydrogen-bond acceptors (Lipinski definition) is 5. The van der Waals surface area contributed by atoms with Gasteiger partial charge in [0.05, 0.1) is 26.7 Å². The standard InChI is InChI=1S/C14H22O5/c1-8(2)9-5-6-14(7-19-14)11(13(16)18-4)10(9)12(15)17-3/h8-11H,5-7H2,1-4H3. The molecular formula is C14H22O5. The lowest BCUT2D eigenvalue weighted by molar-refractivity contribution is -0.167. The Bertz CT molecular complexity index is 372. The van der Waals surface area contributed by atoms with Crippen molar-refractivity contribution in [2.75, 3.05) is 20.8 Å². The summed E-state index contributed by atoms with van der Waals surface area (Å²) in [4.78, 5) is 24.3. The van der Waals surface area contributed by atoms with Gasteiger partial charge in [0.2, 0.25) is 0 Å². The van der Waals surface area contributed by atoms with E-state index in [1.54, 1.807) is 0 Å². The minimum absolute atomic E-state index is 0.131. The maximum atomic E-state index is 12.1. The van der Waals surface area contributed by atoms with Crippen LogP contribution >= 0.6 is 0 Å². The highest BCUT2D eigenvalue weighted by Gasteiger charge is 2.63. The molecule has 108 valence electrons. The maximum absolute atomic E-state index is 12.1. The first-order chi connectivity index (χ1) is 8.96. The molecule has 0 bridgehead atoms. The number of carbonyl (C=O) groups excluding carboxylic acids is 2. The van der Waals surface area contributed by atoms with E-state index in [1.807, 2.05) is 0 Å². The number of carbonyl (C=O) groups is 2. The molecule has 0 aromatic heterocycles. The molecule has 0 aromatic rings. The van der Waals surface area contributed by atoms with E-state index in [2.05, 4.69) is 13.8 Å². The van der Waals surface area contributed by atoms with Gasteiger partial charge in [-0.3, -0.25) is 9.59 Å². The van der Waals surface area contributed by atoms with E-state index < -0.39 is 17.4 Å². The van der Waals surface area contributed by atoms with Gasteiger partial charge >= 0.3 is 11.9 Å². The third-order valence-corrected chi connectivity index (χ3v) is 4.59. The van der Waals surface area contributed by atoms with Crippen LogP contribution in [-0.4, -0.2) is 38.4 Å². The van der Waals surface area contributed by atoms with Crippen LogP contribution in [0.1, 0.15) is 26.7 Å². The molecule has 4 atom stereocenters. The van der Waals surface area contributed by atoms with Crippen molar-refractivity contribution in [3.05, 3.63) is 0 Å². The van der Waals surface area contributed by atoms with Gasteiger partial charge in [-0.05, 0) is 24.7 Å². The van der Waals surface area contributed by atoms with Crippen molar-refractivity contribution in [2.45, 2.75) is 32.3 Å². The molecule has 2 aliphatic rings. The van der Waals surface area contributed by atoms with Crippen LogP contribution < -0.4 is 0 Å². The van der Waals surface area contributed by atoms with Gasteiger partial charge in [-0.25, -0.2) is 0 Å². The smallest absolute Gasteiger partial charge is 0.312 e. The van der Waals surface area contributed by atoms with E-state index in [0.29, 0.717) is 12.5 Å². The van der Waals surface area contributed by atoms with E-state index in [9.17, 15) is 9.59 Å². The highest BCUT2D eigenvalue weighted by Crippen LogP contribution is 2.53. The van der Waals surface area contributed by atoms with Crippen molar-refractivity contribution in [1.82, 2.24) is 0 Å². The fourth-order valence-corrected chi connectivity index (χ4v) is 3.42. The van der Waals surface area contributed by atoms with Crippen molar-refractivity contribution in [3.63, 3.8) is 0 Å². The zero-order valence-corrected chi connectivity index (χ0v) is 12.0. The predicted octanol–water partition coefficient (Wildman–Crippen LogP) is 1.40. The summed E-state index contributed by atoms with van der Waals surface area (Å²) in [5.41, 5.74) is -0.489. The van der Waals surface area contributed by atoms with Gasteiger partial charge in [-0.15, -0.1) is 0 Å². The lowest BCUT2D eigenvalue weighted by Gasteiger charge is -2.40. The van der Waals surface area contributed by atoms with Crippen molar-refractivity contribution < 1.29 is 23.8 Å². The number of epoxide rings is 1. The first kappa shape index (κ1) is 14.3. The highest BCUT2D eigenvalue weighted by molar-refractivity contribution is 5.84. The number of hydrogen-bond donors (Lipinski definition) is 0. The SMILES string of the molecule is COC(=O)C1C(C(C)C)CCC2(CO2)C1C(=O)OC.